The zero-order valence-electron chi connectivity index (χ0n) is 12.5. The van der Waals surface area contributed by atoms with Crippen LogP contribution in [0.25, 0.3) is 0 Å². The van der Waals surface area contributed by atoms with Gasteiger partial charge in [-0.3, -0.25) is 4.68 Å². The number of aromatic nitrogens is 2. The van der Waals surface area contributed by atoms with E-state index in [0.29, 0.717) is 5.69 Å². The first-order valence-corrected chi connectivity index (χ1v) is 7.42. The number of rotatable bonds is 3. The summed E-state index contributed by atoms with van der Waals surface area (Å²) in [4.78, 5) is 14.3. The lowest BCUT2D eigenvalue weighted by molar-refractivity contribution is 0.206. The molecular weight excluding hydrogens is 283 g/mol. The SMILES string of the molecule is Cn1cc(NC(=O)N2CCCC2Cc2ccc(F)cc2)cn1. The third-order valence-corrected chi connectivity index (χ3v) is 3.98. The Hall–Kier alpha value is -2.37. The molecule has 0 saturated carbocycles. The Morgan fingerprint density at radius 2 is 2.18 bits per heavy atom. The van der Waals surface area contributed by atoms with E-state index in [4.69, 9.17) is 0 Å². The maximum absolute atomic E-state index is 13.0. The van der Waals surface area contributed by atoms with Crippen molar-refractivity contribution in [1.82, 2.24) is 14.7 Å². The van der Waals surface area contributed by atoms with Gasteiger partial charge in [0.1, 0.15) is 5.82 Å². The minimum Gasteiger partial charge on any atom is -0.321 e. The van der Waals surface area contributed by atoms with Crippen molar-refractivity contribution in [3.63, 3.8) is 0 Å². The third-order valence-electron chi connectivity index (χ3n) is 3.98. The minimum atomic E-state index is -0.235. The molecule has 2 aromatic rings. The van der Waals surface area contributed by atoms with E-state index in [0.717, 1.165) is 31.4 Å². The number of benzene rings is 1. The van der Waals surface area contributed by atoms with Gasteiger partial charge in [-0.25, -0.2) is 9.18 Å². The Labute approximate surface area is 128 Å². The van der Waals surface area contributed by atoms with E-state index in [1.807, 2.05) is 11.9 Å². The average molecular weight is 302 g/mol. The lowest BCUT2D eigenvalue weighted by Crippen LogP contribution is -2.39. The number of amides is 2. The van der Waals surface area contributed by atoms with Gasteiger partial charge >= 0.3 is 6.03 Å². The van der Waals surface area contributed by atoms with Crippen LogP contribution in [0.3, 0.4) is 0 Å². The van der Waals surface area contributed by atoms with Crippen molar-refractivity contribution in [2.24, 2.45) is 7.05 Å². The quantitative estimate of drug-likeness (QED) is 0.948. The summed E-state index contributed by atoms with van der Waals surface area (Å²) >= 11 is 0. The van der Waals surface area contributed by atoms with Crippen molar-refractivity contribution < 1.29 is 9.18 Å². The summed E-state index contributed by atoms with van der Waals surface area (Å²) in [6.07, 6.45) is 6.11. The first kappa shape index (κ1) is 14.6. The predicted octanol–water partition coefficient (Wildman–Crippen LogP) is 2.80. The molecule has 1 saturated heterocycles. The van der Waals surface area contributed by atoms with Gasteiger partial charge in [-0.05, 0) is 37.0 Å². The van der Waals surface area contributed by atoms with E-state index < -0.39 is 0 Å². The Kier molecular flexibility index (Phi) is 4.09. The van der Waals surface area contributed by atoms with Crippen LogP contribution < -0.4 is 5.32 Å². The van der Waals surface area contributed by atoms with Crippen LogP contribution in [0, 0.1) is 5.82 Å². The Bertz CT molecular complexity index is 652. The lowest BCUT2D eigenvalue weighted by atomic mass is 10.0. The van der Waals surface area contributed by atoms with Crippen molar-refractivity contribution in [3.05, 3.63) is 48.0 Å². The van der Waals surface area contributed by atoms with Crippen LogP contribution in [-0.4, -0.2) is 33.3 Å². The summed E-state index contributed by atoms with van der Waals surface area (Å²) < 4.78 is 14.6. The van der Waals surface area contributed by atoms with Crippen LogP contribution in [0.1, 0.15) is 18.4 Å². The second kappa shape index (κ2) is 6.17. The predicted molar refractivity (Wildman–Crippen MR) is 82.1 cm³/mol. The monoisotopic (exact) mass is 302 g/mol. The summed E-state index contributed by atoms with van der Waals surface area (Å²) in [7, 11) is 1.81. The molecule has 2 heterocycles. The molecule has 1 atom stereocenters. The highest BCUT2D eigenvalue weighted by molar-refractivity contribution is 5.89. The normalized spacial score (nSPS) is 17.7. The zero-order chi connectivity index (χ0) is 15.5. The fourth-order valence-corrected chi connectivity index (χ4v) is 2.89. The number of hydrogen-bond acceptors (Lipinski definition) is 2. The number of carbonyl (C=O) groups excluding carboxylic acids is 1. The number of halogens is 1. The van der Waals surface area contributed by atoms with E-state index in [1.54, 1.807) is 29.2 Å². The number of aryl methyl sites for hydroxylation is 1. The van der Waals surface area contributed by atoms with Gasteiger partial charge in [-0.2, -0.15) is 5.10 Å². The molecule has 1 unspecified atom stereocenters. The summed E-state index contributed by atoms with van der Waals surface area (Å²) in [5, 5.41) is 6.91. The van der Waals surface area contributed by atoms with Gasteiger partial charge in [0.05, 0.1) is 11.9 Å². The second-order valence-electron chi connectivity index (χ2n) is 5.65. The van der Waals surface area contributed by atoms with Crippen LogP contribution in [0.2, 0.25) is 0 Å². The molecule has 0 aliphatic carbocycles. The third kappa shape index (κ3) is 3.27. The van der Waals surface area contributed by atoms with Crippen molar-refractivity contribution in [1.29, 1.82) is 0 Å². The highest BCUT2D eigenvalue weighted by Crippen LogP contribution is 2.22. The maximum atomic E-state index is 13.0. The molecule has 116 valence electrons. The fraction of sp³-hybridized carbons (Fsp3) is 0.375. The Morgan fingerprint density at radius 1 is 1.41 bits per heavy atom. The van der Waals surface area contributed by atoms with Crippen LogP contribution >= 0.6 is 0 Å². The summed E-state index contributed by atoms with van der Waals surface area (Å²) in [5.74, 6) is -0.235. The first-order chi connectivity index (χ1) is 10.6. The summed E-state index contributed by atoms with van der Waals surface area (Å²) in [6.45, 7) is 0.748. The molecule has 0 radical (unpaired) electrons. The molecule has 1 aromatic heterocycles. The molecule has 1 N–H and O–H groups in total. The fourth-order valence-electron chi connectivity index (χ4n) is 2.89. The second-order valence-corrected chi connectivity index (χ2v) is 5.65. The zero-order valence-corrected chi connectivity index (χ0v) is 12.5. The van der Waals surface area contributed by atoms with Gasteiger partial charge in [-0.1, -0.05) is 12.1 Å². The first-order valence-electron chi connectivity index (χ1n) is 7.42. The summed E-state index contributed by atoms with van der Waals surface area (Å²) in [6, 6.07) is 6.55. The van der Waals surface area contributed by atoms with E-state index in [2.05, 4.69) is 10.4 Å². The van der Waals surface area contributed by atoms with Crippen LogP contribution in [-0.2, 0) is 13.5 Å². The van der Waals surface area contributed by atoms with E-state index in [1.165, 1.54) is 12.1 Å². The van der Waals surface area contributed by atoms with Crippen LogP contribution in [0.15, 0.2) is 36.7 Å². The standard InChI is InChI=1S/C16H19FN4O/c1-20-11-14(10-18-20)19-16(22)21-8-2-3-15(21)9-12-4-6-13(17)7-5-12/h4-7,10-11,15H,2-3,8-9H2,1H3,(H,19,22). The van der Waals surface area contributed by atoms with Crippen molar-refractivity contribution in [2.75, 3.05) is 11.9 Å². The van der Waals surface area contributed by atoms with Crippen molar-refractivity contribution >= 4 is 11.7 Å². The van der Waals surface area contributed by atoms with E-state index in [9.17, 15) is 9.18 Å². The molecule has 5 nitrogen and oxygen atoms in total. The van der Waals surface area contributed by atoms with E-state index >= 15 is 0 Å². The smallest absolute Gasteiger partial charge is 0.321 e. The number of likely N-dealkylation sites (tertiary alicyclic amines) is 1. The molecule has 2 amide bonds. The highest BCUT2D eigenvalue weighted by atomic mass is 19.1. The highest BCUT2D eigenvalue weighted by Gasteiger charge is 2.28. The molecule has 1 fully saturated rings. The molecule has 1 aliphatic heterocycles. The van der Waals surface area contributed by atoms with Gasteiger partial charge < -0.3 is 10.2 Å². The molecule has 3 rings (SSSR count). The van der Waals surface area contributed by atoms with Gasteiger partial charge in [0.2, 0.25) is 0 Å². The van der Waals surface area contributed by atoms with Crippen LogP contribution in [0.5, 0.6) is 0 Å². The van der Waals surface area contributed by atoms with Gasteiger partial charge in [0, 0.05) is 25.8 Å². The van der Waals surface area contributed by atoms with Crippen LogP contribution in [0.4, 0.5) is 14.9 Å². The molecule has 0 spiro atoms. The maximum Gasteiger partial charge on any atom is 0.322 e. The minimum absolute atomic E-state index is 0.0994. The number of hydrogen-bond donors (Lipinski definition) is 1. The van der Waals surface area contributed by atoms with Crippen molar-refractivity contribution in [3.8, 4) is 0 Å². The Morgan fingerprint density at radius 3 is 2.86 bits per heavy atom. The van der Waals surface area contributed by atoms with Gasteiger partial charge in [0.15, 0.2) is 0 Å². The molecule has 1 aromatic carbocycles. The van der Waals surface area contributed by atoms with Gasteiger partial charge in [-0.15, -0.1) is 0 Å². The number of nitrogens with zero attached hydrogens (tertiary/aromatic N) is 3. The largest absolute Gasteiger partial charge is 0.322 e. The molecule has 6 heteroatoms. The van der Waals surface area contributed by atoms with E-state index in [-0.39, 0.29) is 17.9 Å². The molecule has 0 bridgehead atoms. The molecule has 1 aliphatic rings. The molecule has 22 heavy (non-hydrogen) atoms. The average Bonchev–Trinajstić information content (AvgIpc) is 3.10. The topological polar surface area (TPSA) is 50.2 Å². The number of urea groups is 1. The lowest BCUT2D eigenvalue weighted by Gasteiger charge is -2.24. The van der Waals surface area contributed by atoms with Crippen molar-refractivity contribution in [2.45, 2.75) is 25.3 Å². The number of anilines is 1. The molecular formula is C16H19FN4O. The number of carbonyl (C=O) groups is 1. The Balaban J connectivity index is 1.64. The number of nitrogens with one attached hydrogen (secondary N) is 1. The summed E-state index contributed by atoms with van der Waals surface area (Å²) in [5.41, 5.74) is 1.74. The van der Waals surface area contributed by atoms with Gasteiger partial charge in [0.25, 0.3) is 0 Å².